The summed E-state index contributed by atoms with van der Waals surface area (Å²) in [6, 6.07) is 7.27. The van der Waals surface area contributed by atoms with Crippen LogP contribution >= 0.6 is 0 Å². The SMILES string of the molecule is CC(C)N=S(=O)(c1ccc(N)cc1)N(C)C(C)C. The first-order chi connectivity index (χ1) is 8.27. The normalized spacial score (nSPS) is 15.1. The van der Waals surface area contributed by atoms with Gasteiger partial charge in [0.1, 0.15) is 9.92 Å². The minimum atomic E-state index is -2.56. The molecule has 5 heteroatoms. The summed E-state index contributed by atoms with van der Waals surface area (Å²) in [6.07, 6.45) is 0. The van der Waals surface area contributed by atoms with Crippen LogP contribution in [0.25, 0.3) is 0 Å². The third-order valence-corrected chi connectivity index (χ3v) is 5.45. The van der Waals surface area contributed by atoms with Crippen LogP contribution in [0, 0.1) is 0 Å². The highest BCUT2D eigenvalue weighted by Crippen LogP contribution is 2.21. The van der Waals surface area contributed by atoms with Crippen molar-refractivity contribution in [1.82, 2.24) is 4.31 Å². The fraction of sp³-hybridized carbons (Fsp3) is 0.538. The Hall–Kier alpha value is -1.07. The summed E-state index contributed by atoms with van der Waals surface area (Å²) in [4.78, 5) is 0.710. The lowest BCUT2D eigenvalue weighted by molar-refractivity contribution is 0.435. The lowest BCUT2D eigenvalue weighted by Gasteiger charge is -2.26. The largest absolute Gasteiger partial charge is 0.399 e. The van der Waals surface area contributed by atoms with Crippen molar-refractivity contribution in [2.24, 2.45) is 4.36 Å². The van der Waals surface area contributed by atoms with Crippen LogP contribution in [-0.2, 0) is 9.92 Å². The van der Waals surface area contributed by atoms with Crippen molar-refractivity contribution < 1.29 is 4.21 Å². The van der Waals surface area contributed by atoms with E-state index in [4.69, 9.17) is 5.73 Å². The van der Waals surface area contributed by atoms with Crippen LogP contribution in [0.5, 0.6) is 0 Å². The molecule has 1 rings (SSSR count). The van der Waals surface area contributed by atoms with Crippen molar-refractivity contribution in [3.05, 3.63) is 24.3 Å². The summed E-state index contributed by atoms with van der Waals surface area (Å²) in [5.74, 6) is 0. The van der Waals surface area contributed by atoms with Gasteiger partial charge in [-0.05, 0) is 52.0 Å². The molecule has 0 saturated heterocycles. The lowest BCUT2D eigenvalue weighted by Crippen LogP contribution is -2.33. The van der Waals surface area contributed by atoms with Crippen molar-refractivity contribution in [2.75, 3.05) is 12.8 Å². The molecule has 4 nitrogen and oxygen atoms in total. The third-order valence-electron chi connectivity index (χ3n) is 2.66. The Morgan fingerprint density at radius 3 is 2.06 bits per heavy atom. The van der Waals surface area contributed by atoms with Crippen molar-refractivity contribution in [3.63, 3.8) is 0 Å². The molecule has 0 radical (unpaired) electrons. The number of nitrogens with two attached hydrogens (primary N) is 1. The summed E-state index contributed by atoms with van der Waals surface area (Å²) >= 11 is 0. The first-order valence-electron chi connectivity index (χ1n) is 6.12. The Morgan fingerprint density at radius 2 is 1.67 bits per heavy atom. The molecule has 0 amide bonds. The molecule has 0 aromatic heterocycles. The maximum atomic E-state index is 13.2. The topological polar surface area (TPSA) is 58.7 Å². The predicted molar refractivity (Wildman–Crippen MR) is 77.7 cm³/mol. The molecule has 18 heavy (non-hydrogen) atoms. The summed E-state index contributed by atoms with van der Waals surface area (Å²) in [6.45, 7) is 7.88. The summed E-state index contributed by atoms with van der Waals surface area (Å²) in [5, 5.41) is 0. The van der Waals surface area contributed by atoms with E-state index in [0.29, 0.717) is 10.6 Å². The van der Waals surface area contributed by atoms with Crippen molar-refractivity contribution >= 4 is 15.6 Å². The average molecular weight is 269 g/mol. The van der Waals surface area contributed by atoms with Gasteiger partial charge < -0.3 is 5.73 Å². The maximum absolute atomic E-state index is 13.2. The van der Waals surface area contributed by atoms with Gasteiger partial charge in [0.25, 0.3) is 0 Å². The number of hydrogen-bond acceptors (Lipinski definition) is 3. The molecule has 1 unspecified atom stereocenters. The Morgan fingerprint density at radius 1 is 1.17 bits per heavy atom. The number of anilines is 1. The van der Waals surface area contributed by atoms with Crippen LogP contribution in [0.1, 0.15) is 27.7 Å². The smallest absolute Gasteiger partial charge is 0.140 e. The zero-order valence-electron chi connectivity index (χ0n) is 11.8. The minimum Gasteiger partial charge on any atom is -0.399 e. The van der Waals surface area contributed by atoms with E-state index >= 15 is 0 Å². The van der Waals surface area contributed by atoms with E-state index < -0.39 is 9.92 Å². The lowest BCUT2D eigenvalue weighted by atomic mass is 10.3. The van der Waals surface area contributed by atoms with Gasteiger partial charge >= 0.3 is 0 Å². The van der Waals surface area contributed by atoms with Gasteiger partial charge in [0.2, 0.25) is 0 Å². The number of benzene rings is 1. The second kappa shape index (κ2) is 5.71. The standard InChI is InChI=1S/C13H23N3OS/c1-10(2)15-18(17,16(5)11(3)4)13-8-6-12(14)7-9-13/h6-11H,14H2,1-5H3. The van der Waals surface area contributed by atoms with E-state index in [-0.39, 0.29) is 12.1 Å². The summed E-state index contributed by atoms with van der Waals surface area (Å²) in [5.41, 5.74) is 6.33. The highest BCUT2D eigenvalue weighted by atomic mass is 32.2. The molecule has 0 aliphatic heterocycles. The average Bonchev–Trinajstić information content (AvgIpc) is 2.27. The van der Waals surface area contributed by atoms with Gasteiger partial charge in [0, 0.05) is 18.8 Å². The predicted octanol–water partition coefficient (Wildman–Crippen LogP) is 2.76. The van der Waals surface area contributed by atoms with Gasteiger partial charge in [-0.1, -0.05) is 0 Å². The van der Waals surface area contributed by atoms with Crippen LogP contribution in [0.4, 0.5) is 5.69 Å². The molecule has 0 aliphatic carbocycles. The van der Waals surface area contributed by atoms with Gasteiger partial charge in [-0.25, -0.2) is 12.9 Å². The van der Waals surface area contributed by atoms with Gasteiger partial charge in [0.05, 0.1) is 10.9 Å². The molecule has 102 valence electrons. The molecular weight excluding hydrogens is 246 g/mol. The van der Waals surface area contributed by atoms with E-state index in [1.807, 2.05) is 39.0 Å². The van der Waals surface area contributed by atoms with E-state index in [9.17, 15) is 4.21 Å². The van der Waals surface area contributed by atoms with Gasteiger partial charge in [-0.2, -0.15) is 0 Å². The molecule has 0 heterocycles. The zero-order valence-corrected chi connectivity index (χ0v) is 12.6. The van der Waals surface area contributed by atoms with Crippen molar-refractivity contribution in [2.45, 2.75) is 44.7 Å². The number of nitrogens with zero attached hydrogens (tertiary/aromatic N) is 2. The third kappa shape index (κ3) is 3.23. The number of hydrogen-bond donors (Lipinski definition) is 1. The Labute approximate surface area is 110 Å². The molecule has 1 aromatic rings. The van der Waals surface area contributed by atoms with Crippen LogP contribution < -0.4 is 5.73 Å². The molecule has 0 fully saturated rings. The molecule has 0 saturated carbocycles. The molecule has 0 aliphatic rings. The second-order valence-corrected chi connectivity index (χ2v) is 7.16. The Bertz CT molecular complexity index is 499. The summed E-state index contributed by atoms with van der Waals surface area (Å²) in [7, 11) is -0.716. The fourth-order valence-corrected chi connectivity index (χ4v) is 3.75. The minimum absolute atomic E-state index is 0.0104. The highest BCUT2D eigenvalue weighted by molar-refractivity contribution is 7.91. The zero-order chi connectivity index (χ0) is 13.9. The monoisotopic (exact) mass is 269 g/mol. The van der Waals surface area contributed by atoms with Gasteiger partial charge in [-0.15, -0.1) is 0 Å². The van der Waals surface area contributed by atoms with Gasteiger partial charge in [0.15, 0.2) is 0 Å². The Balaban J connectivity index is 3.39. The van der Waals surface area contributed by atoms with Crippen LogP contribution in [-0.4, -0.2) is 27.6 Å². The van der Waals surface area contributed by atoms with Crippen LogP contribution in [0.3, 0.4) is 0 Å². The van der Waals surface area contributed by atoms with E-state index in [2.05, 4.69) is 4.36 Å². The molecule has 1 aromatic carbocycles. The molecule has 1 atom stereocenters. The van der Waals surface area contributed by atoms with E-state index in [0.717, 1.165) is 0 Å². The molecule has 0 spiro atoms. The molecule has 0 bridgehead atoms. The first-order valence-corrected chi connectivity index (χ1v) is 7.59. The van der Waals surface area contributed by atoms with Crippen molar-refractivity contribution in [3.8, 4) is 0 Å². The molecule has 2 N–H and O–H groups in total. The second-order valence-electron chi connectivity index (χ2n) is 4.90. The Kier molecular flexibility index (Phi) is 4.76. The number of rotatable bonds is 4. The number of nitrogen functional groups attached to an aromatic ring is 1. The quantitative estimate of drug-likeness (QED) is 0.854. The fourth-order valence-electron chi connectivity index (χ4n) is 1.52. The summed E-state index contributed by atoms with van der Waals surface area (Å²) < 4.78 is 19.4. The van der Waals surface area contributed by atoms with Gasteiger partial charge in [-0.3, -0.25) is 0 Å². The maximum Gasteiger partial charge on any atom is 0.140 e. The van der Waals surface area contributed by atoms with Crippen LogP contribution in [0.15, 0.2) is 33.5 Å². The molecular formula is C13H23N3OS. The van der Waals surface area contributed by atoms with E-state index in [1.54, 1.807) is 24.3 Å². The van der Waals surface area contributed by atoms with Crippen molar-refractivity contribution in [1.29, 1.82) is 0 Å². The highest BCUT2D eigenvalue weighted by Gasteiger charge is 2.21. The first kappa shape index (κ1) is 15.0. The van der Waals surface area contributed by atoms with Crippen LogP contribution in [0.2, 0.25) is 0 Å². The van der Waals surface area contributed by atoms with E-state index in [1.165, 1.54) is 0 Å².